The zero-order chi connectivity index (χ0) is 51.5. The summed E-state index contributed by atoms with van der Waals surface area (Å²) in [6, 6.07) is 0.600. The maximum Gasteiger partial charge on any atom is 0.0459 e. The van der Waals surface area contributed by atoms with E-state index in [1.165, 1.54) is 319 Å². The van der Waals surface area contributed by atoms with Gasteiger partial charge in [0.05, 0.1) is 0 Å². The van der Waals surface area contributed by atoms with Crippen LogP contribution in [0.5, 0.6) is 0 Å². The van der Waals surface area contributed by atoms with Crippen molar-refractivity contribution in [2.24, 2.45) is 11.8 Å². The molecule has 0 aromatic rings. The third kappa shape index (κ3) is 54.5. The molecule has 0 aromatic heterocycles. The number of nitrogens with one attached hydrogen (secondary N) is 1. The molecule has 0 aliphatic rings. The summed E-state index contributed by atoms with van der Waals surface area (Å²) in [5.41, 5.74) is 6.44. The molecule has 0 saturated carbocycles. The number of nitrogens with zero attached hydrogens (tertiary/aromatic N) is 1. The van der Waals surface area contributed by atoms with Gasteiger partial charge in [-0.25, -0.2) is 5.43 Å². The molecule has 3 heteroatoms. The first kappa shape index (κ1) is 72.2. The van der Waals surface area contributed by atoms with Gasteiger partial charge in [-0.3, -0.25) is 0 Å². The van der Waals surface area contributed by atoms with E-state index < -0.39 is 0 Å². The van der Waals surface area contributed by atoms with E-state index in [0.29, 0.717) is 18.6 Å². The number of aliphatic hydroxyl groups excluding tert-OH is 1. The van der Waals surface area contributed by atoms with E-state index in [0.717, 1.165) is 12.3 Å². The van der Waals surface area contributed by atoms with E-state index >= 15 is 0 Å². The Morgan fingerprint density at radius 2 is 0.623 bits per heavy atom. The zero-order valence-corrected chi connectivity index (χ0v) is 49.3. The molecule has 414 valence electrons. The predicted octanol–water partition coefficient (Wildman–Crippen LogP) is 23.1. The van der Waals surface area contributed by atoms with Crippen LogP contribution in [-0.4, -0.2) is 29.8 Å². The Hall–Kier alpha value is -1.06. The summed E-state index contributed by atoms with van der Waals surface area (Å²) in [5, 5.41) is 11.8. The minimum absolute atomic E-state index is 0.404. The molecule has 2 N–H and O–H groups in total. The van der Waals surface area contributed by atoms with Crippen LogP contribution in [-0.2, 0) is 0 Å². The topological polar surface area (TPSA) is 35.5 Å². The van der Waals surface area contributed by atoms with Gasteiger partial charge < -0.3 is 10.1 Å². The Labute approximate surface area is 438 Å². The highest BCUT2D eigenvalue weighted by atomic mass is 16.3. The van der Waals surface area contributed by atoms with Crippen molar-refractivity contribution in [1.29, 1.82) is 0 Å². The number of allylic oxidation sites excluding steroid dienone is 2. The molecule has 0 amide bonds. The number of hydrogen-bond acceptors (Lipinski definition) is 3. The lowest BCUT2D eigenvalue weighted by atomic mass is 9.88. The highest BCUT2D eigenvalue weighted by molar-refractivity contribution is 4.95. The van der Waals surface area contributed by atoms with Crippen molar-refractivity contribution in [3.8, 4) is 0 Å². The molecule has 0 heterocycles. The first-order valence-electron chi connectivity index (χ1n) is 31.8. The zero-order valence-electron chi connectivity index (χ0n) is 49.3. The van der Waals surface area contributed by atoms with Crippen molar-refractivity contribution in [1.82, 2.24) is 10.4 Å². The lowest BCUT2D eigenvalue weighted by Gasteiger charge is -2.35. The standard InChI is InChI=1S/C48H96N2.C16H34O.C2H4/c1-8-12-16-20-23-29-35-41-48(50(49-7)46(6)38-32-27-21-17-13-9-2)42-36-30-25-24-26-31-37-45(5)43-44-47(39-33-19-15-11-4)40-34-28-22-18-14-10-3;1-3-5-7-9-10-12-14-16(15-17)13-11-8-6-4-2;1-2/h47-49H,5-6,8-44H2,1-4,7H3;16-17H,3-15H2,1-2H3;1-2H2. The Balaban J connectivity index is -0.00000192. The van der Waals surface area contributed by atoms with Crippen LogP contribution in [0.1, 0.15) is 356 Å². The van der Waals surface area contributed by atoms with Crippen molar-refractivity contribution in [3.05, 3.63) is 37.6 Å². The monoisotopic (exact) mass is 971 g/mol. The van der Waals surface area contributed by atoms with Crippen LogP contribution >= 0.6 is 0 Å². The predicted molar refractivity (Wildman–Crippen MR) is 319 cm³/mol. The fourth-order valence-corrected chi connectivity index (χ4v) is 10.5. The second-order valence-electron chi connectivity index (χ2n) is 21.9. The van der Waals surface area contributed by atoms with E-state index in [4.69, 9.17) is 0 Å². The number of hydrogen-bond donors (Lipinski definition) is 2. The number of unbranched alkanes of at least 4 members (excludes halogenated alkanes) is 32. The molecular formula is C66H134N2O. The minimum Gasteiger partial charge on any atom is -0.396 e. The number of aliphatic hydroxyl groups is 1. The van der Waals surface area contributed by atoms with E-state index in [1.807, 2.05) is 0 Å². The highest BCUT2D eigenvalue weighted by Gasteiger charge is 2.19. The van der Waals surface area contributed by atoms with Gasteiger partial charge in [0, 0.05) is 25.4 Å². The van der Waals surface area contributed by atoms with Crippen molar-refractivity contribution >= 4 is 0 Å². The van der Waals surface area contributed by atoms with Gasteiger partial charge in [0.1, 0.15) is 0 Å². The van der Waals surface area contributed by atoms with Gasteiger partial charge in [-0.1, -0.05) is 311 Å². The molecule has 0 aliphatic carbocycles. The van der Waals surface area contributed by atoms with Gasteiger partial charge in [0.15, 0.2) is 0 Å². The molecule has 0 spiro atoms. The minimum atomic E-state index is 0.404. The summed E-state index contributed by atoms with van der Waals surface area (Å²) in [7, 11) is 2.13. The SMILES string of the molecule is C=C.C=C(CCCCCCCCC(CCCCCCCCC)N(NC)C(=C)CCCCCCCC)CCC(CCCCCC)CCCCCCCC.CCCCCCCCC(CO)CCCCCC. The molecule has 0 fully saturated rings. The summed E-state index contributed by atoms with van der Waals surface area (Å²) in [6.07, 6.45) is 67.0. The summed E-state index contributed by atoms with van der Waals surface area (Å²) in [4.78, 5) is 0. The summed E-state index contributed by atoms with van der Waals surface area (Å²) < 4.78 is 0. The van der Waals surface area contributed by atoms with Crippen molar-refractivity contribution in [3.63, 3.8) is 0 Å². The number of hydrazine groups is 1. The molecule has 3 nitrogen and oxygen atoms in total. The molecule has 0 radical (unpaired) electrons. The van der Waals surface area contributed by atoms with Gasteiger partial charge in [0.2, 0.25) is 0 Å². The second kappa shape index (κ2) is 63.1. The summed E-state index contributed by atoms with van der Waals surface area (Å²) in [6.45, 7) is 29.3. The van der Waals surface area contributed by atoms with Crippen molar-refractivity contribution < 1.29 is 5.11 Å². The Bertz CT molecular complexity index is 962. The molecular weight excluding hydrogens is 837 g/mol. The smallest absolute Gasteiger partial charge is 0.0459 e. The second-order valence-corrected chi connectivity index (χ2v) is 21.9. The Kier molecular flexibility index (Phi) is 66.0. The van der Waals surface area contributed by atoms with Gasteiger partial charge >= 0.3 is 0 Å². The molecule has 0 aromatic carbocycles. The summed E-state index contributed by atoms with van der Waals surface area (Å²) >= 11 is 0. The molecule has 0 bridgehead atoms. The maximum atomic E-state index is 9.32. The third-order valence-corrected chi connectivity index (χ3v) is 15.3. The first-order chi connectivity index (χ1) is 33.9. The molecule has 69 heavy (non-hydrogen) atoms. The normalized spacial score (nSPS) is 12.5. The van der Waals surface area contributed by atoms with Gasteiger partial charge in [0.25, 0.3) is 0 Å². The highest BCUT2D eigenvalue weighted by Crippen LogP contribution is 2.27. The lowest BCUT2D eigenvalue weighted by molar-refractivity contribution is 0.160. The quantitative estimate of drug-likeness (QED) is 0.0362. The molecule has 0 rings (SSSR count). The molecule has 3 unspecified atom stereocenters. The average Bonchev–Trinajstić information content (AvgIpc) is 3.36. The van der Waals surface area contributed by atoms with E-state index in [1.54, 1.807) is 0 Å². The average molecular weight is 972 g/mol. The van der Waals surface area contributed by atoms with Crippen LogP contribution in [0.15, 0.2) is 37.6 Å². The summed E-state index contributed by atoms with van der Waals surface area (Å²) in [5.74, 6) is 1.52. The van der Waals surface area contributed by atoms with Crippen LogP contribution in [0.4, 0.5) is 0 Å². The Morgan fingerprint density at radius 1 is 0.348 bits per heavy atom. The third-order valence-electron chi connectivity index (χ3n) is 15.3. The van der Waals surface area contributed by atoms with E-state index in [2.05, 4.69) is 85.3 Å². The van der Waals surface area contributed by atoms with Crippen LogP contribution in [0.25, 0.3) is 0 Å². The van der Waals surface area contributed by atoms with Gasteiger partial charge in [-0.05, 0) is 76.0 Å². The van der Waals surface area contributed by atoms with Crippen molar-refractivity contribution in [2.75, 3.05) is 13.7 Å². The fraction of sp³-hybridized carbons (Fsp3) is 0.909. The van der Waals surface area contributed by atoms with E-state index in [9.17, 15) is 5.11 Å². The Morgan fingerprint density at radius 3 is 0.957 bits per heavy atom. The van der Waals surface area contributed by atoms with Crippen molar-refractivity contribution in [2.45, 2.75) is 362 Å². The fourth-order valence-electron chi connectivity index (χ4n) is 10.5. The maximum absolute atomic E-state index is 9.32. The van der Waals surface area contributed by atoms with Crippen LogP contribution in [0, 0.1) is 11.8 Å². The van der Waals surface area contributed by atoms with E-state index in [-0.39, 0.29) is 0 Å². The van der Waals surface area contributed by atoms with Crippen LogP contribution in [0.2, 0.25) is 0 Å². The van der Waals surface area contributed by atoms with Crippen LogP contribution in [0.3, 0.4) is 0 Å². The molecule has 0 saturated heterocycles. The molecule has 3 atom stereocenters. The largest absolute Gasteiger partial charge is 0.396 e. The number of rotatable bonds is 55. The van der Waals surface area contributed by atoms with Gasteiger partial charge in [-0.15, -0.1) is 13.2 Å². The lowest BCUT2D eigenvalue weighted by Crippen LogP contribution is -2.42. The van der Waals surface area contributed by atoms with Crippen LogP contribution < -0.4 is 5.43 Å². The molecule has 0 aliphatic heterocycles. The first-order valence-corrected chi connectivity index (χ1v) is 31.8. The van der Waals surface area contributed by atoms with Gasteiger partial charge in [-0.2, -0.15) is 0 Å².